The van der Waals surface area contributed by atoms with Crippen molar-refractivity contribution in [3.05, 3.63) is 22.2 Å². The van der Waals surface area contributed by atoms with Crippen molar-refractivity contribution in [1.82, 2.24) is 10.1 Å². The number of amides is 1. The number of carbonyl (C=O) groups is 1. The van der Waals surface area contributed by atoms with Crippen molar-refractivity contribution in [3.8, 4) is 0 Å². The lowest BCUT2D eigenvalue weighted by molar-refractivity contribution is 0.0884. The van der Waals surface area contributed by atoms with Crippen LogP contribution in [0.25, 0.3) is 0 Å². The largest absolute Gasteiger partial charge is 0.465 e. The third-order valence-electron chi connectivity index (χ3n) is 4.13. The van der Waals surface area contributed by atoms with Crippen LogP contribution in [-0.4, -0.2) is 33.8 Å². The van der Waals surface area contributed by atoms with Gasteiger partial charge < -0.3 is 14.5 Å². The van der Waals surface area contributed by atoms with Crippen molar-refractivity contribution in [2.45, 2.75) is 58.4 Å². The summed E-state index contributed by atoms with van der Waals surface area (Å²) in [6.07, 6.45) is 2.34. The highest BCUT2D eigenvalue weighted by Gasteiger charge is 2.34. The van der Waals surface area contributed by atoms with E-state index in [9.17, 15) is 14.7 Å². The van der Waals surface area contributed by atoms with Gasteiger partial charge in [-0.1, -0.05) is 20.8 Å². The van der Waals surface area contributed by atoms with Crippen LogP contribution in [0.2, 0.25) is 0 Å². The maximum Gasteiger partial charge on any atom is 0.407 e. The molecular formula is C15H24N2O4. The standard InChI is InChI=1S/C15H24N2O4/c1-15(2,3)6-4-11-8-10(5-7-17(11)14(19)20)12-9-13(18)16-21-12/h9-11H,4-8H2,1-3H3,(H,16,18)(H,19,20). The number of aromatic amines is 1. The first-order valence-electron chi connectivity index (χ1n) is 7.44. The second-order valence-electron chi connectivity index (χ2n) is 7.07. The summed E-state index contributed by atoms with van der Waals surface area (Å²) in [6.45, 7) is 6.96. The van der Waals surface area contributed by atoms with Gasteiger partial charge in [-0.2, -0.15) is 5.16 Å². The smallest absolute Gasteiger partial charge is 0.407 e. The summed E-state index contributed by atoms with van der Waals surface area (Å²) in [5.41, 5.74) is -0.0606. The van der Waals surface area contributed by atoms with Crippen molar-refractivity contribution < 1.29 is 14.4 Å². The van der Waals surface area contributed by atoms with Crippen LogP contribution < -0.4 is 5.56 Å². The number of hydrogen-bond donors (Lipinski definition) is 2. The molecule has 21 heavy (non-hydrogen) atoms. The van der Waals surface area contributed by atoms with Gasteiger partial charge in [-0.05, 0) is 31.1 Å². The van der Waals surface area contributed by atoms with Crippen LogP contribution in [0.5, 0.6) is 0 Å². The van der Waals surface area contributed by atoms with Crippen LogP contribution in [0.15, 0.2) is 15.4 Å². The fourth-order valence-electron chi connectivity index (χ4n) is 2.93. The average molecular weight is 296 g/mol. The second-order valence-corrected chi connectivity index (χ2v) is 7.07. The SMILES string of the molecule is CC(C)(C)CCC1CC(c2cc(=O)[nH]o2)CCN1C(=O)O. The van der Waals surface area contributed by atoms with Gasteiger partial charge in [-0.15, -0.1) is 0 Å². The molecule has 0 bridgehead atoms. The third kappa shape index (κ3) is 4.12. The lowest BCUT2D eigenvalue weighted by Crippen LogP contribution is -2.45. The molecule has 2 heterocycles. The summed E-state index contributed by atoms with van der Waals surface area (Å²) >= 11 is 0. The first-order chi connectivity index (χ1) is 9.76. The predicted octanol–water partition coefficient (Wildman–Crippen LogP) is 3.02. The number of likely N-dealkylation sites (tertiary alicyclic amines) is 1. The van der Waals surface area contributed by atoms with Crippen LogP contribution in [-0.2, 0) is 0 Å². The zero-order valence-corrected chi connectivity index (χ0v) is 12.9. The van der Waals surface area contributed by atoms with E-state index in [1.165, 1.54) is 11.0 Å². The zero-order chi connectivity index (χ0) is 15.6. The molecule has 0 spiro atoms. The van der Waals surface area contributed by atoms with Gasteiger partial charge in [0.05, 0.1) is 0 Å². The molecule has 2 N–H and O–H groups in total. The Morgan fingerprint density at radius 3 is 2.76 bits per heavy atom. The average Bonchev–Trinajstić information content (AvgIpc) is 2.81. The van der Waals surface area contributed by atoms with Crippen LogP contribution in [0.4, 0.5) is 4.79 Å². The highest BCUT2D eigenvalue weighted by atomic mass is 16.5. The van der Waals surface area contributed by atoms with Gasteiger partial charge in [0, 0.05) is 24.6 Å². The van der Waals surface area contributed by atoms with E-state index in [2.05, 4.69) is 25.9 Å². The molecule has 6 heteroatoms. The number of aromatic nitrogens is 1. The summed E-state index contributed by atoms with van der Waals surface area (Å²) in [4.78, 5) is 24.1. The van der Waals surface area contributed by atoms with Gasteiger partial charge in [0.1, 0.15) is 5.76 Å². The molecule has 1 aromatic heterocycles. The van der Waals surface area contributed by atoms with Crippen molar-refractivity contribution in [2.24, 2.45) is 5.41 Å². The molecule has 0 radical (unpaired) electrons. The molecule has 2 unspecified atom stereocenters. The molecule has 1 aliphatic heterocycles. The minimum Gasteiger partial charge on any atom is -0.465 e. The minimum atomic E-state index is -0.858. The Bertz CT molecular complexity index is 540. The van der Waals surface area contributed by atoms with E-state index < -0.39 is 6.09 Å². The molecule has 0 saturated carbocycles. The molecule has 1 saturated heterocycles. The molecule has 118 valence electrons. The number of hydrogen-bond acceptors (Lipinski definition) is 3. The number of H-pyrrole nitrogens is 1. The monoisotopic (exact) mass is 296 g/mol. The van der Waals surface area contributed by atoms with Gasteiger partial charge in [0.2, 0.25) is 0 Å². The van der Waals surface area contributed by atoms with Crippen molar-refractivity contribution in [3.63, 3.8) is 0 Å². The fraction of sp³-hybridized carbons (Fsp3) is 0.733. The van der Waals surface area contributed by atoms with E-state index in [1.807, 2.05) is 0 Å². The van der Waals surface area contributed by atoms with E-state index in [1.54, 1.807) is 0 Å². The highest BCUT2D eigenvalue weighted by molar-refractivity contribution is 5.65. The van der Waals surface area contributed by atoms with Crippen LogP contribution in [0, 0.1) is 5.41 Å². The van der Waals surface area contributed by atoms with Gasteiger partial charge in [-0.3, -0.25) is 4.79 Å². The van der Waals surface area contributed by atoms with Crippen molar-refractivity contribution in [1.29, 1.82) is 0 Å². The Morgan fingerprint density at radius 1 is 1.52 bits per heavy atom. The van der Waals surface area contributed by atoms with Gasteiger partial charge in [-0.25, -0.2) is 4.79 Å². The predicted molar refractivity (Wildman–Crippen MR) is 78.5 cm³/mol. The summed E-state index contributed by atoms with van der Waals surface area (Å²) in [6, 6.07) is 1.46. The molecule has 1 fully saturated rings. The number of rotatable bonds is 3. The van der Waals surface area contributed by atoms with E-state index in [0.717, 1.165) is 12.8 Å². The van der Waals surface area contributed by atoms with Gasteiger partial charge >= 0.3 is 6.09 Å². The molecule has 0 aliphatic carbocycles. The number of carboxylic acid groups (broad SMARTS) is 1. The first-order valence-corrected chi connectivity index (χ1v) is 7.44. The Kier molecular flexibility index (Phi) is 4.44. The third-order valence-corrected chi connectivity index (χ3v) is 4.13. The summed E-state index contributed by atoms with van der Waals surface area (Å²) in [7, 11) is 0. The van der Waals surface area contributed by atoms with E-state index in [0.29, 0.717) is 25.1 Å². The zero-order valence-electron chi connectivity index (χ0n) is 12.9. The summed E-state index contributed by atoms with van der Waals surface area (Å²) < 4.78 is 5.19. The van der Waals surface area contributed by atoms with Gasteiger partial charge in [0.15, 0.2) is 0 Å². The lowest BCUT2D eigenvalue weighted by Gasteiger charge is -2.38. The lowest BCUT2D eigenvalue weighted by atomic mass is 9.82. The van der Waals surface area contributed by atoms with E-state index in [4.69, 9.17) is 4.52 Å². The molecule has 1 aliphatic rings. The summed E-state index contributed by atoms with van der Waals surface area (Å²) in [5, 5.41) is 11.7. The minimum absolute atomic E-state index is 0.0133. The Balaban J connectivity index is 2.08. The Labute approximate surface area is 124 Å². The maximum atomic E-state index is 11.4. The number of piperidine rings is 1. The van der Waals surface area contributed by atoms with Crippen molar-refractivity contribution in [2.75, 3.05) is 6.54 Å². The highest BCUT2D eigenvalue weighted by Crippen LogP contribution is 2.34. The topological polar surface area (TPSA) is 86.5 Å². The van der Waals surface area contributed by atoms with Crippen LogP contribution in [0.3, 0.4) is 0 Å². The van der Waals surface area contributed by atoms with E-state index >= 15 is 0 Å². The maximum absolute atomic E-state index is 11.4. The molecule has 1 aromatic rings. The number of nitrogens with one attached hydrogen (secondary N) is 1. The summed E-state index contributed by atoms with van der Waals surface area (Å²) in [5.74, 6) is 0.760. The quantitative estimate of drug-likeness (QED) is 0.897. The molecule has 0 aromatic carbocycles. The molecular weight excluding hydrogens is 272 g/mol. The van der Waals surface area contributed by atoms with Crippen LogP contribution in [0.1, 0.15) is 58.1 Å². The normalized spacial score (nSPS) is 23.3. The molecule has 6 nitrogen and oxygen atoms in total. The molecule has 2 atom stereocenters. The fourth-order valence-corrected chi connectivity index (χ4v) is 2.93. The second kappa shape index (κ2) is 5.95. The molecule has 2 rings (SSSR count). The molecule has 1 amide bonds. The van der Waals surface area contributed by atoms with Crippen LogP contribution >= 0.6 is 0 Å². The van der Waals surface area contributed by atoms with Crippen molar-refractivity contribution >= 4 is 6.09 Å². The Hall–Kier alpha value is -1.72. The Morgan fingerprint density at radius 2 is 2.24 bits per heavy atom. The van der Waals surface area contributed by atoms with E-state index in [-0.39, 0.29) is 22.9 Å². The van der Waals surface area contributed by atoms with Gasteiger partial charge in [0.25, 0.3) is 5.56 Å². The number of nitrogens with zero attached hydrogens (tertiary/aromatic N) is 1. The first kappa shape index (κ1) is 15.7.